The molecule has 0 aromatic carbocycles. The van der Waals surface area contributed by atoms with Gasteiger partial charge in [0.25, 0.3) is 0 Å². The molecule has 0 amide bonds. The summed E-state index contributed by atoms with van der Waals surface area (Å²) in [5.74, 6) is 0. The highest BCUT2D eigenvalue weighted by atomic mass is 14.4. The molecule has 2 saturated carbocycles. The monoisotopic (exact) mass is 783 g/mol. The van der Waals surface area contributed by atoms with Gasteiger partial charge in [0.2, 0.25) is 0 Å². The van der Waals surface area contributed by atoms with Crippen LogP contribution in [0, 0.1) is 5.41 Å². The van der Waals surface area contributed by atoms with Crippen molar-refractivity contribution in [3.8, 4) is 0 Å². The Morgan fingerprint density at radius 2 is 0.161 bits per heavy atom. The number of rotatable bonds is 0. The van der Waals surface area contributed by atoms with Crippen LogP contribution < -0.4 is 0 Å². The van der Waals surface area contributed by atoms with Crippen molar-refractivity contribution in [3.05, 3.63) is 0 Å². The van der Waals surface area contributed by atoms with E-state index in [1.54, 1.807) is 25.7 Å². The lowest BCUT2D eigenvalue weighted by molar-refractivity contribution is 0.229. The van der Waals surface area contributed by atoms with E-state index in [1.807, 2.05) is 0 Å². The van der Waals surface area contributed by atoms with Crippen LogP contribution in [-0.2, 0) is 0 Å². The Bertz CT molecular complexity index is 662. The lowest BCUT2D eigenvalue weighted by Crippen LogP contribution is -2.16. The second kappa shape index (κ2) is 43.1. The molecule has 0 aromatic heterocycles. The minimum absolute atomic E-state index is 0.766. The van der Waals surface area contributed by atoms with Crippen molar-refractivity contribution in [2.45, 2.75) is 353 Å². The Kier molecular flexibility index (Phi) is 40.1. The van der Waals surface area contributed by atoms with Crippen LogP contribution in [0.1, 0.15) is 353 Å². The van der Waals surface area contributed by atoms with E-state index in [4.69, 9.17) is 0 Å². The van der Waals surface area contributed by atoms with Crippen molar-refractivity contribution in [1.29, 1.82) is 0 Å². The van der Waals surface area contributed by atoms with Crippen LogP contribution in [0.3, 0.4) is 0 Å². The third-order valence-electron chi connectivity index (χ3n) is 15.1. The first-order valence-corrected chi connectivity index (χ1v) is 27.9. The van der Waals surface area contributed by atoms with E-state index in [0.29, 0.717) is 0 Å². The third-order valence-corrected chi connectivity index (χ3v) is 15.1. The summed E-state index contributed by atoms with van der Waals surface area (Å²) in [4.78, 5) is 0. The Balaban J connectivity index is 1.48. The second-order valence-electron chi connectivity index (χ2n) is 20.5. The molecule has 0 unspecified atom stereocenters. The lowest BCUT2D eigenvalue weighted by Gasteiger charge is -2.29. The van der Waals surface area contributed by atoms with E-state index < -0.39 is 0 Å². The lowest BCUT2D eigenvalue weighted by atomic mass is 9.76. The first kappa shape index (κ1) is 52.1. The fourth-order valence-corrected chi connectivity index (χ4v) is 11.1. The molecule has 0 saturated heterocycles. The van der Waals surface area contributed by atoms with Crippen molar-refractivity contribution in [1.82, 2.24) is 0 Å². The van der Waals surface area contributed by atoms with Gasteiger partial charge in [0.05, 0.1) is 0 Å². The van der Waals surface area contributed by atoms with E-state index in [0.717, 1.165) is 5.41 Å². The SMILES string of the molecule is C1CCCCCCCCCCCCCCCCCCCCCCCCCC2(CCCCCCCCCCCCCCCCCCCCCCCCC1)CCCC2. The maximum atomic E-state index is 1.56. The van der Waals surface area contributed by atoms with Crippen LogP contribution in [0.2, 0.25) is 0 Å². The summed E-state index contributed by atoms with van der Waals surface area (Å²) in [5, 5.41) is 0. The quantitative estimate of drug-likeness (QED) is 0.230. The van der Waals surface area contributed by atoms with Gasteiger partial charge in [0, 0.05) is 0 Å². The average molecular weight is 783 g/mol. The Labute approximate surface area is 357 Å². The summed E-state index contributed by atoms with van der Waals surface area (Å²) >= 11 is 0. The zero-order chi connectivity index (χ0) is 39.4. The van der Waals surface area contributed by atoms with Crippen LogP contribution in [0.5, 0.6) is 0 Å². The van der Waals surface area contributed by atoms with Crippen LogP contribution in [0.25, 0.3) is 0 Å². The summed E-state index contributed by atoms with van der Waals surface area (Å²) in [6, 6.07) is 0. The molecule has 2 aliphatic carbocycles. The maximum absolute atomic E-state index is 1.56. The molecule has 1 spiro atoms. The van der Waals surface area contributed by atoms with Crippen molar-refractivity contribution in [3.63, 3.8) is 0 Å². The molecule has 2 rings (SSSR count). The van der Waals surface area contributed by atoms with E-state index in [2.05, 4.69) is 0 Å². The molecule has 0 nitrogen and oxygen atoms in total. The molecule has 0 bridgehead atoms. The van der Waals surface area contributed by atoms with Gasteiger partial charge >= 0.3 is 0 Å². The minimum atomic E-state index is 0.766. The summed E-state index contributed by atoms with van der Waals surface area (Å²) in [5.41, 5.74) is 0.766. The van der Waals surface area contributed by atoms with E-state index in [-0.39, 0.29) is 0 Å². The number of hydrogen-bond acceptors (Lipinski definition) is 0. The standard InChI is InChI=1S/C56H110/c1-2-4-6-8-10-12-14-16-18-20-22-24-26-28-30-32-34-36-38-40-42-44-46-48-52-56(54-50-51-55-56)53-49-47-45-43-41-39-37-35-33-31-29-27-25-23-21-19-17-15-13-11-9-7-5-3-1/h1-55H2. The molecule has 0 aliphatic heterocycles. The molecule has 0 N–H and O–H groups in total. The first-order valence-electron chi connectivity index (χ1n) is 27.9. The molecular formula is C56H110. The smallest absolute Gasteiger partial charge is 0.0297 e. The summed E-state index contributed by atoms with van der Waals surface area (Å²) in [6.45, 7) is 0. The van der Waals surface area contributed by atoms with Crippen molar-refractivity contribution >= 4 is 0 Å². The molecule has 0 radical (unpaired) electrons. The third kappa shape index (κ3) is 35.9. The van der Waals surface area contributed by atoms with Crippen molar-refractivity contribution in [2.24, 2.45) is 5.41 Å². The van der Waals surface area contributed by atoms with Gasteiger partial charge in [0.1, 0.15) is 0 Å². The number of hydrogen-bond donors (Lipinski definition) is 0. The topological polar surface area (TPSA) is 0 Å². The highest BCUT2D eigenvalue weighted by Gasteiger charge is 2.32. The molecule has 0 atom stereocenters. The predicted octanol–water partition coefficient (Wildman–Crippen LogP) is 21.5. The highest BCUT2D eigenvalue weighted by molar-refractivity contribution is 4.84. The molecule has 2 aliphatic rings. The fraction of sp³-hybridized carbons (Fsp3) is 1.00. The normalized spacial score (nSPS) is 25.3. The van der Waals surface area contributed by atoms with Crippen LogP contribution in [0.15, 0.2) is 0 Å². The van der Waals surface area contributed by atoms with Gasteiger partial charge in [-0.05, 0) is 31.1 Å². The summed E-state index contributed by atoms with van der Waals surface area (Å²) < 4.78 is 0. The molecular weight excluding hydrogens is 673 g/mol. The van der Waals surface area contributed by atoms with Crippen molar-refractivity contribution in [2.75, 3.05) is 0 Å². The molecule has 56 heavy (non-hydrogen) atoms. The maximum Gasteiger partial charge on any atom is -0.0297 e. The van der Waals surface area contributed by atoms with E-state index in [1.165, 1.54) is 327 Å². The fourth-order valence-electron chi connectivity index (χ4n) is 11.1. The Morgan fingerprint density at radius 3 is 0.268 bits per heavy atom. The van der Waals surface area contributed by atoms with Gasteiger partial charge in [-0.25, -0.2) is 0 Å². The van der Waals surface area contributed by atoms with E-state index >= 15 is 0 Å². The highest BCUT2D eigenvalue weighted by Crippen LogP contribution is 2.46. The molecule has 2 fully saturated rings. The van der Waals surface area contributed by atoms with E-state index in [9.17, 15) is 0 Å². The van der Waals surface area contributed by atoms with Gasteiger partial charge in [-0.15, -0.1) is 0 Å². The largest absolute Gasteiger partial charge is 0.0533 e. The zero-order valence-corrected chi connectivity index (χ0v) is 39.4. The summed E-state index contributed by atoms with van der Waals surface area (Å²) in [6.07, 6.45) is 83.0. The van der Waals surface area contributed by atoms with Gasteiger partial charge in [-0.1, -0.05) is 327 Å². The van der Waals surface area contributed by atoms with Gasteiger partial charge in [-0.2, -0.15) is 0 Å². The zero-order valence-electron chi connectivity index (χ0n) is 39.4. The molecule has 334 valence electrons. The van der Waals surface area contributed by atoms with Gasteiger partial charge in [-0.3, -0.25) is 0 Å². The van der Waals surface area contributed by atoms with Crippen LogP contribution >= 0.6 is 0 Å². The summed E-state index contributed by atoms with van der Waals surface area (Å²) in [7, 11) is 0. The van der Waals surface area contributed by atoms with Crippen LogP contribution in [-0.4, -0.2) is 0 Å². The predicted molar refractivity (Wildman–Crippen MR) is 256 cm³/mol. The Hall–Kier alpha value is 0. The molecule has 0 aromatic rings. The second-order valence-corrected chi connectivity index (χ2v) is 20.5. The van der Waals surface area contributed by atoms with Crippen LogP contribution in [0.4, 0.5) is 0 Å². The minimum Gasteiger partial charge on any atom is -0.0533 e. The molecule has 0 heteroatoms. The Morgan fingerprint density at radius 1 is 0.0893 bits per heavy atom. The first-order chi connectivity index (χ1) is 27.9. The average Bonchev–Trinajstić information content (AvgIpc) is 3.68. The molecule has 0 heterocycles. The van der Waals surface area contributed by atoms with Crippen molar-refractivity contribution < 1.29 is 0 Å². The van der Waals surface area contributed by atoms with Gasteiger partial charge in [0.15, 0.2) is 0 Å². The van der Waals surface area contributed by atoms with Gasteiger partial charge < -0.3 is 0 Å².